The van der Waals surface area contributed by atoms with E-state index < -0.39 is 24.1 Å². The lowest BCUT2D eigenvalue weighted by atomic mass is 10.2. The number of alkyl carbamates (subject to hydrolysis) is 1. The van der Waals surface area contributed by atoms with Gasteiger partial charge in [0.05, 0.1) is 7.11 Å². The molecule has 1 rings (SSSR count). The largest absolute Gasteiger partial charge is 0.453 e. The van der Waals surface area contributed by atoms with Gasteiger partial charge in [-0.2, -0.15) is 0 Å². The number of nitrogens with one attached hydrogen (secondary N) is 1. The first kappa shape index (κ1) is 16.9. The van der Waals surface area contributed by atoms with E-state index in [9.17, 15) is 19.2 Å². The number of ether oxygens (including phenoxy) is 2. The molecule has 1 fully saturated rings. The molecule has 1 heterocycles. The average molecular weight is 300 g/mol. The first-order valence-corrected chi connectivity index (χ1v) is 6.80. The van der Waals surface area contributed by atoms with E-state index in [1.807, 2.05) is 5.32 Å². The van der Waals surface area contributed by atoms with Crippen LogP contribution in [0, 0.1) is 0 Å². The van der Waals surface area contributed by atoms with Crippen molar-refractivity contribution in [1.82, 2.24) is 10.2 Å². The van der Waals surface area contributed by atoms with E-state index in [1.54, 1.807) is 0 Å². The maximum Gasteiger partial charge on any atom is 0.413 e. The Kier molecular flexibility index (Phi) is 6.64. The maximum atomic E-state index is 11.7. The molecule has 8 nitrogen and oxygen atoms in total. The molecule has 0 aromatic carbocycles. The fourth-order valence-electron chi connectivity index (χ4n) is 1.90. The van der Waals surface area contributed by atoms with Crippen molar-refractivity contribution in [2.75, 3.05) is 20.2 Å². The summed E-state index contributed by atoms with van der Waals surface area (Å²) in [6.07, 6.45) is 0.977. The van der Waals surface area contributed by atoms with E-state index >= 15 is 0 Å². The Labute approximate surface area is 122 Å². The summed E-state index contributed by atoms with van der Waals surface area (Å²) in [5.41, 5.74) is 0. The second-order valence-electron chi connectivity index (χ2n) is 4.74. The van der Waals surface area contributed by atoms with Crippen LogP contribution < -0.4 is 5.32 Å². The number of carbonyl (C=O) groups excluding carboxylic acids is 4. The van der Waals surface area contributed by atoms with Crippen LogP contribution in [-0.4, -0.2) is 55.1 Å². The molecular formula is C13H20N2O6. The molecule has 0 radical (unpaired) electrons. The summed E-state index contributed by atoms with van der Waals surface area (Å²) >= 11 is 0. The highest BCUT2D eigenvalue weighted by Gasteiger charge is 2.24. The van der Waals surface area contributed by atoms with E-state index in [2.05, 4.69) is 4.74 Å². The van der Waals surface area contributed by atoms with Crippen LogP contribution in [0.15, 0.2) is 0 Å². The van der Waals surface area contributed by atoms with Crippen molar-refractivity contribution in [1.29, 1.82) is 0 Å². The van der Waals surface area contributed by atoms with Crippen LogP contribution in [0.1, 0.15) is 32.6 Å². The lowest BCUT2D eigenvalue weighted by Crippen LogP contribution is -2.42. The summed E-state index contributed by atoms with van der Waals surface area (Å²) in [5, 5.41) is 1.90. The Morgan fingerprint density at radius 2 is 2.00 bits per heavy atom. The van der Waals surface area contributed by atoms with Gasteiger partial charge in [0.1, 0.15) is 6.54 Å². The number of carbonyl (C=O) groups is 4. The monoisotopic (exact) mass is 300 g/mol. The lowest BCUT2D eigenvalue weighted by molar-refractivity contribution is -0.157. The van der Waals surface area contributed by atoms with Crippen molar-refractivity contribution in [3.05, 3.63) is 0 Å². The van der Waals surface area contributed by atoms with E-state index in [0.717, 1.165) is 26.4 Å². The number of rotatable bonds is 4. The van der Waals surface area contributed by atoms with Gasteiger partial charge in [0.15, 0.2) is 6.10 Å². The molecule has 0 aromatic heterocycles. The van der Waals surface area contributed by atoms with Gasteiger partial charge in [-0.25, -0.2) is 4.79 Å². The van der Waals surface area contributed by atoms with Crippen molar-refractivity contribution < 1.29 is 28.7 Å². The number of hydrogen-bond donors (Lipinski definition) is 1. The summed E-state index contributed by atoms with van der Waals surface area (Å²) in [6.45, 7) is 1.66. The zero-order valence-corrected chi connectivity index (χ0v) is 12.2. The van der Waals surface area contributed by atoms with Gasteiger partial charge >= 0.3 is 12.1 Å². The molecule has 0 unspecified atom stereocenters. The zero-order valence-electron chi connectivity index (χ0n) is 12.2. The predicted octanol–water partition coefficient (Wildman–Crippen LogP) is 0.203. The molecule has 118 valence electrons. The SMILES string of the molecule is COC(=O)NC(=O)[C@@H](C)OC(=O)CN1CCCCCC1=O. The maximum absolute atomic E-state index is 11.7. The fraction of sp³-hybridized carbons (Fsp3) is 0.692. The summed E-state index contributed by atoms with van der Waals surface area (Å²) in [4.78, 5) is 47.2. The molecule has 1 aliphatic heterocycles. The highest BCUT2D eigenvalue weighted by molar-refractivity contribution is 5.95. The third-order valence-corrected chi connectivity index (χ3v) is 3.08. The van der Waals surface area contributed by atoms with Crippen LogP contribution in [-0.2, 0) is 23.9 Å². The molecule has 1 atom stereocenters. The fourth-order valence-corrected chi connectivity index (χ4v) is 1.90. The highest BCUT2D eigenvalue weighted by atomic mass is 16.6. The predicted molar refractivity (Wildman–Crippen MR) is 71.1 cm³/mol. The minimum Gasteiger partial charge on any atom is -0.453 e. The third-order valence-electron chi connectivity index (χ3n) is 3.08. The molecule has 0 bridgehead atoms. The van der Waals surface area contributed by atoms with Gasteiger partial charge in [0, 0.05) is 13.0 Å². The van der Waals surface area contributed by atoms with Gasteiger partial charge in [-0.15, -0.1) is 0 Å². The lowest BCUT2D eigenvalue weighted by Gasteiger charge is -2.20. The molecule has 1 N–H and O–H groups in total. The molecule has 1 saturated heterocycles. The normalized spacial score (nSPS) is 16.7. The molecule has 21 heavy (non-hydrogen) atoms. The van der Waals surface area contributed by atoms with Crippen LogP contribution in [0.5, 0.6) is 0 Å². The number of likely N-dealkylation sites (tertiary alicyclic amines) is 1. The average Bonchev–Trinajstić information content (AvgIpc) is 2.63. The quantitative estimate of drug-likeness (QED) is 0.744. The Balaban J connectivity index is 2.43. The summed E-state index contributed by atoms with van der Waals surface area (Å²) in [6, 6.07) is 0. The Morgan fingerprint density at radius 3 is 2.67 bits per heavy atom. The first-order valence-electron chi connectivity index (χ1n) is 6.80. The highest BCUT2D eigenvalue weighted by Crippen LogP contribution is 2.11. The van der Waals surface area contributed by atoms with Crippen molar-refractivity contribution in [3.8, 4) is 0 Å². The first-order chi connectivity index (χ1) is 9.93. The van der Waals surface area contributed by atoms with Crippen molar-refractivity contribution in [2.45, 2.75) is 38.7 Å². The zero-order chi connectivity index (χ0) is 15.8. The van der Waals surface area contributed by atoms with E-state index in [-0.39, 0.29) is 12.5 Å². The van der Waals surface area contributed by atoms with E-state index in [1.165, 1.54) is 11.8 Å². The number of imide groups is 1. The number of amides is 3. The molecule has 8 heteroatoms. The molecule has 0 saturated carbocycles. The summed E-state index contributed by atoms with van der Waals surface area (Å²) in [7, 11) is 1.12. The third kappa shape index (κ3) is 5.80. The van der Waals surface area contributed by atoms with Crippen LogP contribution in [0.25, 0.3) is 0 Å². The minimum absolute atomic E-state index is 0.0869. The minimum atomic E-state index is -1.14. The molecular weight excluding hydrogens is 280 g/mol. The van der Waals surface area contributed by atoms with Gasteiger partial charge in [-0.05, 0) is 19.8 Å². The van der Waals surface area contributed by atoms with Gasteiger partial charge in [0.25, 0.3) is 5.91 Å². The number of esters is 1. The molecule has 0 aromatic rings. The standard InChI is InChI=1S/C13H20N2O6/c1-9(12(18)14-13(19)20-2)21-11(17)8-15-7-5-3-4-6-10(15)16/h9H,3-8H2,1-2H3,(H,14,18,19)/t9-/m1/s1. The van der Waals surface area contributed by atoms with Gasteiger partial charge in [0.2, 0.25) is 5.91 Å². The van der Waals surface area contributed by atoms with Crippen molar-refractivity contribution >= 4 is 23.9 Å². The van der Waals surface area contributed by atoms with Crippen LogP contribution >= 0.6 is 0 Å². The molecule has 1 aliphatic rings. The van der Waals surface area contributed by atoms with Gasteiger partial charge in [-0.3, -0.25) is 19.7 Å². The topological polar surface area (TPSA) is 102 Å². The molecule has 3 amide bonds. The van der Waals surface area contributed by atoms with Crippen molar-refractivity contribution in [3.63, 3.8) is 0 Å². The van der Waals surface area contributed by atoms with Crippen LogP contribution in [0.4, 0.5) is 4.79 Å². The summed E-state index contributed by atoms with van der Waals surface area (Å²) < 4.78 is 9.16. The van der Waals surface area contributed by atoms with Crippen LogP contribution in [0.2, 0.25) is 0 Å². The molecule has 0 spiro atoms. The van der Waals surface area contributed by atoms with Crippen LogP contribution in [0.3, 0.4) is 0 Å². The second kappa shape index (κ2) is 8.23. The van der Waals surface area contributed by atoms with Crippen molar-refractivity contribution in [2.24, 2.45) is 0 Å². The number of hydrogen-bond acceptors (Lipinski definition) is 6. The number of methoxy groups -OCH3 is 1. The second-order valence-corrected chi connectivity index (χ2v) is 4.74. The Morgan fingerprint density at radius 1 is 1.29 bits per heavy atom. The Hall–Kier alpha value is -2.12. The Bertz CT molecular complexity index is 423. The van der Waals surface area contributed by atoms with E-state index in [4.69, 9.17) is 4.74 Å². The van der Waals surface area contributed by atoms with Gasteiger partial charge in [-0.1, -0.05) is 6.42 Å². The summed E-state index contributed by atoms with van der Waals surface area (Å²) in [5.74, 6) is -1.55. The molecule has 0 aliphatic carbocycles. The smallest absolute Gasteiger partial charge is 0.413 e. The number of nitrogens with zero attached hydrogens (tertiary/aromatic N) is 1. The van der Waals surface area contributed by atoms with E-state index in [0.29, 0.717) is 13.0 Å². The van der Waals surface area contributed by atoms with Gasteiger partial charge < -0.3 is 14.4 Å².